The van der Waals surface area contributed by atoms with Crippen LogP contribution in [0.4, 0.5) is 10.5 Å². The first kappa shape index (κ1) is 16.6. The van der Waals surface area contributed by atoms with Crippen molar-refractivity contribution in [3.05, 3.63) is 65.2 Å². The van der Waals surface area contributed by atoms with Gasteiger partial charge < -0.3 is 15.5 Å². The van der Waals surface area contributed by atoms with Crippen LogP contribution in [0.1, 0.15) is 47.2 Å². The molecule has 0 saturated heterocycles. The fourth-order valence-electron chi connectivity index (χ4n) is 3.72. The molecule has 1 aliphatic carbocycles. The fraction of sp³-hybridized carbons (Fsp3) is 0.333. The molecule has 0 bridgehead atoms. The molecule has 2 aliphatic rings. The van der Waals surface area contributed by atoms with E-state index in [0.717, 1.165) is 12.8 Å². The maximum absolute atomic E-state index is 12.5. The van der Waals surface area contributed by atoms with Crippen LogP contribution in [-0.4, -0.2) is 22.9 Å². The van der Waals surface area contributed by atoms with Crippen molar-refractivity contribution in [3.63, 3.8) is 0 Å². The molecule has 2 aromatic carbocycles. The zero-order valence-electron chi connectivity index (χ0n) is 14.7. The van der Waals surface area contributed by atoms with Crippen molar-refractivity contribution < 1.29 is 9.59 Å². The third-order valence-corrected chi connectivity index (χ3v) is 5.22. The van der Waals surface area contributed by atoms with Gasteiger partial charge in [-0.1, -0.05) is 37.1 Å². The van der Waals surface area contributed by atoms with Crippen molar-refractivity contribution in [2.45, 2.75) is 44.8 Å². The molecule has 0 aromatic heterocycles. The molecule has 0 spiro atoms. The number of carbonyl (C=O) groups excluding carboxylic acids is 2. The van der Waals surface area contributed by atoms with Gasteiger partial charge in [-0.25, -0.2) is 4.79 Å². The lowest BCUT2D eigenvalue weighted by atomic mass is 10.1. The zero-order valence-corrected chi connectivity index (χ0v) is 14.7. The second-order valence-electron chi connectivity index (χ2n) is 7.09. The summed E-state index contributed by atoms with van der Waals surface area (Å²) in [7, 11) is 0. The molecule has 0 unspecified atom stereocenters. The van der Waals surface area contributed by atoms with Crippen LogP contribution < -0.4 is 10.6 Å². The van der Waals surface area contributed by atoms with E-state index in [4.69, 9.17) is 0 Å². The summed E-state index contributed by atoms with van der Waals surface area (Å²) in [6.45, 7) is 1.26. The Morgan fingerprint density at radius 1 is 0.885 bits per heavy atom. The highest BCUT2D eigenvalue weighted by Gasteiger charge is 2.23. The Hall–Kier alpha value is -2.82. The van der Waals surface area contributed by atoms with Crippen molar-refractivity contribution in [1.29, 1.82) is 0 Å². The third-order valence-electron chi connectivity index (χ3n) is 5.22. The predicted octanol–water partition coefficient (Wildman–Crippen LogP) is 3.91. The van der Waals surface area contributed by atoms with Gasteiger partial charge in [-0.3, -0.25) is 4.79 Å². The van der Waals surface area contributed by atoms with Crippen molar-refractivity contribution in [1.82, 2.24) is 10.2 Å². The molecular formula is C21H23N3O2. The Morgan fingerprint density at radius 3 is 2.12 bits per heavy atom. The highest BCUT2D eigenvalue weighted by molar-refractivity contribution is 5.95. The van der Waals surface area contributed by atoms with E-state index < -0.39 is 0 Å². The topological polar surface area (TPSA) is 61.4 Å². The summed E-state index contributed by atoms with van der Waals surface area (Å²) < 4.78 is 0. The molecule has 1 aliphatic heterocycles. The van der Waals surface area contributed by atoms with Crippen LogP contribution in [0.3, 0.4) is 0 Å². The molecule has 1 saturated carbocycles. The smallest absolute Gasteiger partial charge is 0.322 e. The maximum Gasteiger partial charge on any atom is 0.322 e. The number of nitrogens with zero attached hydrogens (tertiary/aromatic N) is 1. The lowest BCUT2D eigenvalue weighted by molar-refractivity contribution is 0.0938. The number of nitrogens with one attached hydrogen (secondary N) is 2. The average molecular weight is 349 g/mol. The molecule has 0 radical (unpaired) electrons. The number of carbonyl (C=O) groups is 2. The van der Waals surface area contributed by atoms with Crippen LogP contribution in [0.5, 0.6) is 0 Å². The predicted molar refractivity (Wildman–Crippen MR) is 101 cm³/mol. The summed E-state index contributed by atoms with van der Waals surface area (Å²) in [6, 6.07) is 15.4. The van der Waals surface area contributed by atoms with Gasteiger partial charge in [0.2, 0.25) is 0 Å². The van der Waals surface area contributed by atoms with E-state index in [1.54, 1.807) is 29.2 Å². The number of fused-ring (bicyclic) bond motifs is 1. The van der Waals surface area contributed by atoms with Gasteiger partial charge in [0, 0.05) is 30.4 Å². The molecule has 1 fully saturated rings. The normalized spacial score (nSPS) is 16.4. The number of urea groups is 1. The highest BCUT2D eigenvalue weighted by Crippen LogP contribution is 2.23. The SMILES string of the molecule is O=C(NC1CCCC1)c1ccc(NC(=O)N2Cc3ccccc3C2)cc1. The van der Waals surface area contributed by atoms with E-state index in [0.29, 0.717) is 30.4 Å². The quantitative estimate of drug-likeness (QED) is 0.883. The second kappa shape index (κ2) is 7.20. The fourth-order valence-corrected chi connectivity index (χ4v) is 3.72. The first-order valence-corrected chi connectivity index (χ1v) is 9.23. The standard InChI is InChI=1S/C21H23N3O2/c25-20(22-18-7-3-4-8-18)15-9-11-19(12-10-15)23-21(26)24-13-16-5-1-2-6-17(16)14-24/h1-2,5-6,9-12,18H,3-4,7-8,13-14H2,(H,22,25)(H,23,26). The van der Waals surface area contributed by atoms with Crippen LogP contribution in [0.25, 0.3) is 0 Å². The van der Waals surface area contributed by atoms with Crippen molar-refractivity contribution in [2.24, 2.45) is 0 Å². The van der Waals surface area contributed by atoms with Gasteiger partial charge in [-0.15, -0.1) is 0 Å². The Balaban J connectivity index is 1.34. The molecule has 5 heteroatoms. The highest BCUT2D eigenvalue weighted by atomic mass is 16.2. The number of hydrogen-bond donors (Lipinski definition) is 2. The van der Waals surface area contributed by atoms with Crippen LogP contribution in [0, 0.1) is 0 Å². The van der Waals surface area contributed by atoms with Crippen molar-refractivity contribution in [2.75, 3.05) is 5.32 Å². The van der Waals surface area contributed by atoms with Crippen LogP contribution in [0.2, 0.25) is 0 Å². The van der Waals surface area contributed by atoms with Crippen LogP contribution >= 0.6 is 0 Å². The summed E-state index contributed by atoms with van der Waals surface area (Å²) in [5.41, 5.74) is 3.72. The molecule has 3 amide bonds. The summed E-state index contributed by atoms with van der Waals surface area (Å²) in [5.74, 6) is -0.0373. The number of hydrogen-bond acceptors (Lipinski definition) is 2. The molecule has 0 atom stereocenters. The number of anilines is 1. The molecule has 134 valence electrons. The van der Waals surface area contributed by atoms with Gasteiger partial charge in [0.05, 0.1) is 0 Å². The first-order valence-electron chi connectivity index (χ1n) is 9.23. The van der Waals surface area contributed by atoms with Crippen molar-refractivity contribution in [3.8, 4) is 0 Å². The first-order chi connectivity index (χ1) is 12.7. The minimum absolute atomic E-state index is 0.0373. The van der Waals surface area contributed by atoms with E-state index in [1.807, 2.05) is 12.1 Å². The summed E-state index contributed by atoms with van der Waals surface area (Å²) in [4.78, 5) is 26.5. The zero-order chi connectivity index (χ0) is 17.9. The molecule has 26 heavy (non-hydrogen) atoms. The van der Waals surface area contributed by atoms with Gasteiger partial charge >= 0.3 is 6.03 Å². The van der Waals surface area contributed by atoms with E-state index >= 15 is 0 Å². The number of rotatable bonds is 3. The van der Waals surface area contributed by atoms with Gasteiger partial charge in [0.25, 0.3) is 5.91 Å². The Morgan fingerprint density at radius 2 is 1.50 bits per heavy atom. The Labute approximate surface area is 153 Å². The Bertz CT molecular complexity index is 785. The third kappa shape index (κ3) is 3.57. The molecular weight excluding hydrogens is 326 g/mol. The van der Waals surface area contributed by atoms with Crippen LogP contribution in [0.15, 0.2) is 48.5 Å². The van der Waals surface area contributed by atoms with Gasteiger partial charge in [0.15, 0.2) is 0 Å². The van der Waals surface area contributed by atoms with Crippen LogP contribution in [-0.2, 0) is 13.1 Å². The second-order valence-corrected chi connectivity index (χ2v) is 7.09. The van der Waals surface area contributed by atoms with E-state index in [2.05, 4.69) is 22.8 Å². The minimum Gasteiger partial charge on any atom is -0.349 e. The van der Waals surface area contributed by atoms with Gasteiger partial charge in [-0.05, 0) is 48.2 Å². The number of benzene rings is 2. The Kier molecular flexibility index (Phi) is 4.61. The van der Waals surface area contributed by atoms with E-state index in [-0.39, 0.29) is 11.9 Å². The molecule has 1 heterocycles. The van der Waals surface area contributed by atoms with E-state index in [1.165, 1.54) is 24.0 Å². The minimum atomic E-state index is -0.121. The van der Waals surface area contributed by atoms with Gasteiger partial charge in [0.1, 0.15) is 0 Å². The molecule has 5 nitrogen and oxygen atoms in total. The molecule has 2 N–H and O–H groups in total. The maximum atomic E-state index is 12.5. The average Bonchev–Trinajstić information content (AvgIpc) is 3.31. The molecule has 2 aromatic rings. The lowest BCUT2D eigenvalue weighted by Gasteiger charge is -2.17. The van der Waals surface area contributed by atoms with Crippen molar-refractivity contribution >= 4 is 17.6 Å². The van der Waals surface area contributed by atoms with E-state index in [9.17, 15) is 9.59 Å². The summed E-state index contributed by atoms with van der Waals surface area (Å²) in [6.07, 6.45) is 4.52. The van der Waals surface area contributed by atoms with Gasteiger partial charge in [-0.2, -0.15) is 0 Å². The summed E-state index contributed by atoms with van der Waals surface area (Å²) in [5, 5.41) is 5.99. The lowest BCUT2D eigenvalue weighted by Crippen LogP contribution is -2.32. The number of amides is 3. The monoisotopic (exact) mass is 349 g/mol. The molecule has 4 rings (SSSR count). The largest absolute Gasteiger partial charge is 0.349 e. The summed E-state index contributed by atoms with van der Waals surface area (Å²) >= 11 is 0.